The van der Waals surface area contributed by atoms with E-state index in [0.717, 1.165) is 113 Å². The molecule has 18 atom stereocenters. The molecule has 8 N–H and O–H groups in total. The van der Waals surface area contributed by atoms with E-state index in [4.69, 9.17) is 31.8 Å². The van der Waals surface area contributed by atoms with Gasteiger partial charge < -0.3 is 42.4 Å². The number of carbonyl (C=O) groups excluding carboxylic acids is 3. The first-order valence-corrected chi connectivity index (χ1v) is 39.8. The van der Waals surface area contributed by atoms with Gasteiger partial charge in [-0.3, -0.25) is 19.2 Å². The van der Waals surface area contributed by atoms with E-state index < -0.39 is 11.9 Å². The number of carboxylic acids is 1. The quantitative estimate of drug-likeness (QED) is 0.0754. The first-order chi connectivity index (χ1) is 45.8. The van der Waals surface area contributed by atoms with E-state index in [9.17, 15) is 19.2 Å². The minimum atomic E-state index is -0.787. The third-order valence-corrected chi connectivity index (χ3v) is 22.7. The van der Waals surface area contributed by atoms with Gasteiger partial charge in [0.05, 0.1) is 24.5 Å². The van der Waals surface area contributed by atoms with E-state index in [1.807, 2.05) is 26.0 Å². The van der Waals surface area contributed by atoms with Crippen LogP contribution in [0.1, 0.15) is 227 Å². The van der Waals surface area contributed by atoms with Gasteiger partial charge in [-0.05, 0) is 97.4 Å². The summed E-state index contributed by atoms with van der Waals surface area (Å²) in [4.78, 5) is 51.7. The number of amides is 2. The van der Waals surface area contributed by atoms with E-state index in [1.165, 1.54) is 114 Å². The van der Waals surface area contributed by atoms with Gasteiger partial charge in [0.2, 0.25) is 11.8 Å². The minimum Gasteiger partial charge on any atom is -0.672 e. The first kappa shape index (κ1) is 153. The molecule has 13 aliphatic rings. The first-order valence-electron chi connectivity index (χ1n) is 36.8. The summed E-state index contributed by atoms with van der Waals surface area (Å²) in [5, 5.41) is 18.0. The summed E-state index contributed by atoms with van der Waals surface area (Å²) < 4.78 is 10.7. The van der Waals surface area contributed by atoms with E-state index >= 15 is 0 Å². The van der Waals surface area contributed by atoms with Crippen molar-refractivity contribution in [2.75, 3.05) is 13.2 Å². The second-order valence-corrected chi connectivity index (χ2v) is 31.7. The Morgan fingerprint density at radius 2 is 0.829 bits per heavy atom. The van der Waals surface area contributed by atoms with E-state index in [1.54, 1.807) is 24.3 Å². The Kier molecular flexibility index (Phi) is 135. The van der Waals surface area contributed by atoms with Gasteiger partial charge in [0.15, 0.2) is 5.90 Å². The number of hydrogen-bond acceptors (Lipinski definition) is 9. The summed E-state index contributed by atoms with van der Waals surface area (Å²) in [6, 6.07) is 0.787. The largest absolute Gasteiger partial charge is 0.672 e. The predicted octanol–water partition coefficient (Wildman–Crippen LogP) is 17.6. The van der Waals surface area contributed by atoms with Crippen LogP contribution >= 0.6 is 46.2 Å². The third-order valence-electron chi connectivity index (χ3n) is 19.5. The molecule has 0 bridgehead atoms. The standard InChI is InChI=1S/C18H32N2O2P2.C11H17NO2P.C11H16NOP.C6H14N2.C6H7O2P.3C5H10.2C5H6.Ac.10Ar.5Fe/c21-17(11-5-3-9-15(11)23)19-13-7-1-2-8-14(13)20-18(22)12-6-4-10-16(12)24;1-7(2)9(12)6-14-11(13)8-4-3-5-10(8)15;1-7(2)9-6-13-11(12-9)8-4-3-5-10(8)14;7-5-3-1-2-4-6(5)8;7-6(8)4-2-1-3-5(4)9;5*1-2-4-5-3-1;;;;;;;;;;;;;;;;/h11-16H,1-10,23-24H2,(H,19,21)(H,20,22);3-5,7-9,12H,6,15H2,1-2H3;3-5,7-9H,6,14H2,1-2H3;5-6H,1-4,7-8H2;1-4H,9H2,(H,7,8);3*1-5H2;2*1-4H,5H2;;;;;;;;;;;;;;;;/q;-1;;;;;;;;;;;;;;;;;;;;;;;;/t;2*8-,9-;5-,6-;4-;;;;;;;;;;;;;;;;;;;;;/m.1111...................../s1. The minimum absolute atomic E-state index is 0. The molecule has 7 saturated carbocycles. The molecule has 0 aromatic carbocycles. The topological polar surface area (TPSA) is 219 Å². The number of nitrogens with zero attached hydrogens (tertiary/aromatic N) is 1. The molecule has 0 aromatic heterocycles. The van der Waals surface area contributed by atoms with Crippen LogP contribution in [0, 0.1) is 463 Å². The number of esters is 1. The molecule has 12 aliphatic carbocycles. The SMILES string of the molecule is C1=CCC=C1.C1=CCC=C1.C1CCCC1.C1CCCC1.C1CCCC1.CC(C)[C@H]([NH-])COC(=O)[C@@H]1C=CC=C1P.CC(C)[C@H]1COC([C@@H]2C=CC=C2P)=N1.N[C@@H]1CCCC[C@H]1N.O=C(NC1CCCCC1NC(=O)C1CCCC1P)C1CCCC1P.O=C(O)[C@@H]1C=CC=C1P.[Ac].[Ar].[Ar].[Ar].[Ar].[Ar].[Ar].[Ar].[Ar].[Ar].[Ar].[Fe].[Fe].[Fe].[Fe].[Fe]. The van der Waals surface area contributed by atoms with Gasteiger partial charge in [0.25, 0.3) is 0 Å². The molecule has 657 valence electrons. The van der Waals surface area contributed by atoms with Crippen LogP contribution in [0.3, 0.4) is 0 Å². The summed E-state index contributed by atoms with van der Waals surface area (Å²) in [5.74, 6) is 0.878. The van der Waals surface area contributed by atoms with Crippen molar-refractivity contribution in [2.45, 2.75) is 274 Å². The summed E-state index contributed by atoms with van der Waals surface area (Å²) in [5.41, 5.74) is 19.8. The molecule has 1 heterocycles. The van der Waals surface area contributed by atoms with Gasteiger partial charge >= 0.3 is 11.9 Å². The van der Waals surface area contributed by atoms with Gasteiger partial charge in [-0.25, -0.2) is 4.99 Å². The van der Waals surface area contributed by atoms with Gasteiger partial charge in [0, 0.05) is 543 Å². The number of ether oxygens (including phenoxy) is 2. The van der Waals surface area contributed by atoms with Crippen LogP contribution in [0.4, 0.5) is 0 Å². The van der Waals surface area contributed by atoms with Crippen LogP contribution in [0.25, 0.3) is 5.73 Å². The van der Waals surface area contributed by atoms with Crippen LogP contribution in [0.5, 0.6) is 0 Å². The van der Waals surface area contributed by atoms with Crippen LogP contribution in [-0.2, 0) is 114 Å². The Labute approximate surface area is 1070 Å². The van der Waals surface area contributed by atoms with Crippen molar-refractivity contribution in [1.82, 2.24) is 10.6 Å². The maximum atomic E-state index is 12.6. The second kappa shape index (κ2) is 97.9. The maximum Gasteiger partial charge on any atom is 0.317 e. The number of aliphatic carboxylic acids is 1. The number of allylic oxidation sites excluding steroid dienone is 14. The molecule has 111 heavy (non-hydrogen) atoms. The fraction of sp³-hybridized carbons (Fsp3) is 0.675. The summed E-state index contributed by atoms with van der Waals surface area (Å²) in [6.45, 7) is 9.18. The number of nitrogens with one attached hydrogen (secondary N) is 3. The average molecular weight is 2310 g/mol. The van der Waals surface area contributed by atoms with Crippen molar-refractivity contribution in [3.05, 3.63) is 125 Å². The molecule has 1 radical (unpaired) electrons. The fourth-order valence-corrected chi connectivity index (χ4v) is 15.1. The number of carboxylic acid groups (broad SMARTS) is 1. The molecule has 0 spiro atoms. The summed E-state index contributed by atoms with van der Waals surface area (Å²) in [7, 11) is 13.3. The molecule has 2 amide bonds. The van der Waals surface area contributed by atoms with Crippen molar-refractivity contribution in [1.29, 1.82) is 0 Å². The van der Waals surface area contributed by atoms with Crippen molar-refractivity contribution in [3.8, 4) is 0 Å². The molecule has 7 fully saturated rings. The zero-order valence-corrected chi connectivity index (χ0v) is 87.7. The van der Waals surface area contributed by atoms with Crippen molar-refractivity contribution in [3.63, 3.8) is 0 Å². The van der Waals surface area contributed by atoms with E-state index in [-0.39, 0.29) is 591 Å². The summed E-state index contributed by atoms with van der Waals surface area (Å²) >= 11 is 0. The maximum absolute atomic E-state index is 12.6. The molecule has 13 rings (SSSR count). The Hall–Kier alpha value is 13.4. The van der Waals surface area contributed by atoms with Crippen LogP contribution < -0.4 is 22.1 Å². The molecule has 1 aliphatic heterocycles. The van der Waals surface area contributed by atoms with Gasteiger partial charge in [-0.2, -0.15) is 0 Å². The number of nitrogens with two attached hydrogens (primary N) is 2. The number of carbonyl (C=O) groups is 4. The monoisotopic (exact) mass is 2310 g/mol. The normalized spacial score (nSPS) is 25.0. The Morgan fingerprint density at radius 1 is 0.495 bits per heavy atom. The second-order valence-electron chi connectivity index (χ2n) is 28.0. The average Bonchev–Trinajstić information content (AvgIpc) is 1.69. The van der Waals surface area contributed by atoms with Crippen molar-refractivity contribution < 1.29 is 541 Å². The summed E-state index contributed by atoms with van der Waals surface area (Å²) in [6.07, 6.45) is 74.1. The third kappa shape index (κ3) is 70.7. The zero-order chi connectivity index (χ0) is 69.2. The van der Waals surface area contributed by atoms with E-state index in [2.05, 4.69) is 143 Å². The van der Waals surface area contributed by atoms with Crippen molar-refractivity contribution >= 4 is 75.8 Å². The van der Waals surface area contributed by atoms with Gasteiger partial charge in [0.1, 0.15) is 12.5 Å². The van der Waals surface area contributed by atoms with Gasteiger partial charge in [-0.15, -0.1) is 52.2 Å². The molecule has 13 nitrogen and oxygen atoms in total. The number of hydrogen-bond donors (Lipinski definition) is 5. The van der Waals surface area contributed by atoms with E-state index in [0.29, 0.717) is 23.3 Å². The van der Waals surface area contributed by atoms with Crippen LogP contribution in [0.15, 0.2) is 124 Å². The predicted molar refractivity (Wildman–Crippen MR) is 418 cm³/mol. The van der Waals surface area contributed by atoms with Crippen molar-refractivity contribution in [2.24, 2.45) is 57.9 Å². The number of aliphatic imine (C=N–C) groups is 1. The van der Waals surface area contributed by atoms with Gasteiger partial charge in [-0.1, -0.05) is 272 Å². The molecule has 0 saturated heterocycles. The van der Waals surface area contributed by atoms with Crippen LogP contribution in [0.2, 0.25) is 0 Å². The Bertz CT molecular complexity index is 2530. The molecule has 0 aromatic rings. The zero-order valence-electron chi connectivity index (χ0n) is 64.6. The molecule has 34 heteroatoms. The number of rotatable bonds is 11. The smallest absolute Gasteiger partial charge is 0.317 e. The fourth-order valence-electron chi connectivity index (χ4n) is 12.8. The molecular formula is C77H128AcAr10Fe5N6O7P5-. The van der Waals surface area contributed by atoms with Crippen LogP contribution in [-0.4, -0.2) is 95.5 Å². The Balaban J connectivity index is -0.0000000901. The molecule has 11 unspecified atom stereocenters. The Morgan fingerprint density at radius 3 is 1.07 bits per heavy atom. The molecular weight excluding hydrogens is 2180 g/mol.